The van der Waals surface area contributed by atoms with Gasteiger partial charge in [0.25, 0.3) is 11.8 Å². The fourth-order valence-corrected chi connectivity index (χ4v) is 4.01. The van der Waals surface area contributed by atoms with Crippen molar-refractivity contribution in [2.75, 3.05) is 28.6 Å². The monoisotopic (exact) mass is 406 g/mol. The van der Waals surface area contributed by atoms with Crippen LogP contribution < -0.4 is 15.5 Å². The maximum Gasteiger partial charge on any atom is 0.323 e. The van der Waals surface area contributed by atoms with Crippen LogP contribution in [-0.4, -0.2) is 41.9 Å². The van der Waals surface area contributed by atoms with Crippen molar-refractivity contribution in [1.29, 1.82) is 0 Å². The zero-order valence-electron chi connectivity index (χ0n) is 17.3. The van der Waals surface area contributed by atoms with E-state index in [4.69, 9.17) is 0 Å². The van der Waals surface area contributed by atoms with E-state index >= 15 is 0 Å². The Hall–Kier alpha value is -3.35. The van der Waals surface area contributed by atoms with Crippen molar-refractivity contribution in [3.63, 3.8) is 0 Å². The highest BCUT2D eigenvalue weighted by molar-refractivity contribution is 6.22. The van der Waals surface area contributed by atoms with E-state index < -0.39 is 6.03 Å². The number of imide groups is 1. The molecule has 0 saturated carbocycles. The molecule has 2 aliphatic rings. The van der Waals surface area contributed by atoms with Crippen LogP contribution in [0.2, 0.25) is 0 Å². The first-order valence-electron chi connectivity index (χ1n) is 10.4. The van der Waals surface area contributed by atoms with Gasteiger partial charge >= 0.3 is 6.03 Å². The maximum atomic E-state index is 12.5. The Morgan fingerprint density at radius 3 is 2.10 bits per heavy atom. The minimum absolute atomic E-state index is 0.218. The third-order valence-electron chi connectivity index (χ3n) is 5.54. The van der Waals surface area contributed by atoms with E-state index in [2.05, 4.69) is 15.5 Å². The molecule has 2 N–H and O–H groups in total. The van der Waals surface area contributed by atoms with Crippen molar-refractivity contribution in [1.82, 2.24) is 4.90 Å². The minimum atomic E-state index is -0.404. The lowest BCUT2D eigenvalue weighted by molar-refractivity contribution is 0.0609. The largest absolute Gasteiger partial charge is 0.372 e. The Morgan fingerprint density at radius 1 is 0.833 bits per heavy atom. The predicted molar refractivity (Wildman–Crippen MR) is 117 cm³/mol. The molecule has 156 valence electrons. The number of nitrogens with zero attached hydrogens (tertiary/aromatic N) is 2. The lowest BCUT2D eigenvalue weighted by Crippen LogP contribution is -2.35. The van der Waals surface area contributed by atoms with Gasteiger partial charge in [-0.3, -0.25) is 14.5 Å². The van der Waals surface area contributed by atoms with E-state index in [1.54, 1.807) is 32.0 Å². The van der Waals surface area contributed by atoms with Crippen LogP contribution in [0.1, 0.15) is 53.8 Å². The molecule has 0 aromatic heterocycles. The van der Waals surface area contributed by atoms with E-state index in [0.717, 1.165) is 18.8 Å². The number of carbonyl (C=O) groups excluding carboxylic acids is 3. The zero-order valence-corrected chi connectivity index (χ0v) is 17.3. The summed E-state index contributed by atoms with van der Waals surface area (Å²) in [6.45, 7) is 5.73. The molecule has 4 amide bonds. The summed E-state index contributed by atoms with van der Waals surface area (Å²) in [5, 5.41) is 5.54. The predicted octanol–water partition coefficient (Wildman–Crippen LogP) is 4.33. The first-order chi connectivity index (χ1) is 14.4. The van der Waals surface area contributed by atoms with Crippen molar-refractivity contribution >= 4 is 34.9 Å². The summed E-state index contributed by atoms with van der Waals surface area (Å²) in [5.74, 6) is -0.628. The van der Waals surface area contributed by atoms with Gasteiger partial charge in [-0.15, -0.1) is 0 Å². The SMILES string of the molecule is CC(C)N1C(=O)c2ccc(NC(=O)Nc3ccc(N4CCCCC4)cc3)cc2C1=O. The molecule has 1 saturated heterocycles. The first kappa shape index (κ1) is 19.9. The van der Waals surface area contributed by atoms with Crippen molar-refractivity contribution in [3.05, 3.63) is 53.6 Å². The average Bonchev–Trinajstić information content (AvgIpc) is 2.99. The van der Waals surface area contributed by atoms with Crippen LogP contribution in [0.3, 0.4) is 0 Å². The Labute approximate surface area is 176 Å². The number of piperidine rings is 1. The van der Waals surface area contributed by atoms with Gasteiger partial charge in [-0.25, -0.2) is 4.79 Å². The number of hydrogen-bond acceptors (Lipinski definition) is 4. The summed E-state index contributed by atoms with van der Waals surface area (Å²) >= 11 is 0. The summed E-state index contributed by atoms with van der Waals surface area (Å²) in [5.41, 5.74) is 3.00. The van der Waals surface area contributed by atoms with Gasteiger partial charge in [0, 0.05) is 36.2 Å². The lowest BCUT2D eigenvalue weighted by Gasteiger charge is -2.28. The number of carbonyl (C=O) groups is 3. The first-order valence-corrected chi connectivity index (χ1v) is 10.4. The molecule has 30 heavy (non-hydrogen) atoms. The third kappa shape index (κ3) is 3.87. The van der Waals surface area contributed by atoms with Crippen LogP contribution in [0.25, 0.3) is 0 Å². The molecule has 2 aliphatic heterocycles. The molecule has 7 nitrogen and oxygen atoms in total. The molecule has 7 heteroatoms. The van der Waals surface area contributed by atoms with Gasteiger partial charge in [-0.2, -0.15) is 0 Å². The molecule has 1 fully saturated rings. The number of fused-ring (bicyclic) bond motifs is 1. The van der Waals surface area contributed by atoms with Crippen LogP contribution in [0.5, 0.6) is 0 Å². The number of amides is 4. The molecule has 4 rings (SSSR count). The van der Waals surface area contributed by atoms with Crippen molar-refractivity contribution in [2.24, 2.45) is 0 Å². The third-order valence-corrected chi connectivity index (χ3v) is 5.54. The molecular formula is C23H26N4O3. The van der Waals surface area contributed by atoms with Gasteiger partial charge in [0.2, 0.25) is 0 Å². The number of benzene rings is 2. The van der Waals surface area contributed by atoms with Crippen molar-refractivity contribution in [2.45, 2.75) is 39.2 Å². The standard InChI is InChI=1S/C23H26N4O3/c1-15(2)27-21(28)19-11-8-17(14-20(19)22(27)29)25-23(30)24-16-6-9-18(10-7-16)26-12-4-3-5-13-26/h6-11,14-15H,3-5,12-13H2,1-2H3,(H2,24,25,30). The quantitative estimate of drug-likeness (QED) is 0.741. The fourth-order valence-electron chi connectivity index (χ4n) is 4.01. The maximum absolute atomic E-state index is 12.5. The molecule has 2 heterocycles. The molecule has 0 radical (unpaired) electrons. The van der Waals surface area contributed by atoms with Crippen LogP contribution in [0.4, 0.5) is 21.9 Å². The second-order valence-electron chi connectivity index (χ2n) is 8.01. The summed E-state index contributed by atoms with van der Waals surface area (Å²) in [4.78, 5) is 40.9. The Kier molecular flexibility index (Phi) is 5.44. The molecule has 2 aromatic carbocycles. The van der Waals surface area contributed by atoms with Crippen LogP contribution in [0.15, 0.2) is 42.5 Å². The molecule has 2 aromatic rings. The number of anilines is 3. The van der Waals surface area contributed by atoms with Crippen LogP contribution >= 0.6 is 0 Å². The minimum Gasteiger partial charge on any atom is -0.372 e. The van der Waals surface area contributed by atoms with E-state index in [1.165, 1.54) is 24.2 Å². The van der Waals surface area contributed by atoms with E-state index in [9.17, 15) is 14.4 Å². The average molecular weight is 406 g/mol. The van der Waals surface area contributed by atoms with Gasteiger partial charge in [-0.1, -0.05) is 0 Å². The Balaban J connectivity index is 1.40. The van der Waals surface area contributed by atoms with E-state index in [1.807, 2.05) is 24.3 Å². The van der Waals surface area contributed by atoms with Gasteiger partial charge in [0.1, 0.15) is 0 Å². The summed E-state index contributed by atoms with van der Waals surface area (Å²) in [6, 6.07) is 11.9. The number of nitrogens with one attached hydrogen (secondary N) is 2. The number of urea groups is 1. The second kappa shape index (κ2) is 8.18. The topological polar surface area (TPSA) is 81.8 Å². The van der Waals surface area contributed by atoms with Crippen LogP contribution in [0, 0.1) is 0 Å². The molecule has 0 aliphatic carbocycles. The van der Waals surface area contributed by atoms with Gasteiger partial charge in [-0.05, 0) is 75.6 Å². The Morgan fingerprint density at radius 2 is 1.43 bits per heavy atom. The highest BCUT2D eigenvalue weighted by Crippen LogP contribution is 2.27. The fraction of sp³-hybridized carbons (Fsp3) is 0.348. The van der Waals surface area contributed by atoms with E-state index in [-0.39, 0.29) is 17.9 Å². The normalized spacial score (nSPS) is 16.1. The second-order valence-corrected chi connectivity index (χ2v) is 8.01. The summed E-state index contributed by atoms with van der Waals surface area (Å²) < 4.78 is 0. The van der Waals surface area contributed by atoms with Crippen molar-refractivity contribution in [3.8, 4) is 0 Å². The number of hydrogen-bond donors (Lipinski definition) is 2. The van der Waals surface area contributed by atoms with Crippen LogP contribution in [-0.2, 0) is 0 Å². The number of rotatable bonds is 4. The molecule has 0 atom stereocenters. The van der Waals surface area contributed by atoms with Gasteiger partial charge in [0.15, 0.2) is 0 Å². The molecular weight excluding hydrogens is 380 g/mol. The Bertz CT molecular complexity index is 978. The lowest BCUT2D eigenvalue weighted by atomic mass is 10.1. The van der Waals surface area contributed by atoms with Gasteiger partial charge in [0.05, 0.1) is 11.1 Å². The zero-order chi connectivity index (χ0) is 21.3. The van der Waals surface area contributed by atoms with Crippen molar-refractivity contribution < 1.29 is 14.4 Å². The molecule has 0 bridgehead atoms. The highest BCUT2D eigenvalue weighted by Gasteiger charge is 2.37. The highest BCUT2D eigenvalue weighted by atomic mass is 16.2. The van der Waals surface area contributed by atoms with Gasteiger partial charge < -0.3 is 15.5 Å². The summed E-state index contributed by atoms with van der Waals surface area (Å²) in [7, 11) is 0. The molecule has 0 unspecified atom stereocenters. The summed E-state index contributed by atoms with van der Waals surface area (Å²) in [6.07, 6.45) is 3.71. The molecule has 0 spiro atoms. The van der Waals surface area contributed by atoms with E-state index in [0.29, 0.717) is 22.5 Å². The smallest absolute Gasteiger partial charge is 0.323 e.